The van der Waals surface area contributed by atoms with E-state index >= 15 is 0 Å². The Kier molecular flexibility index (Phi) is 17.7. The minimum atomic E-state index is -0.935. The van der Waals surface area contributed by atoms with Crippen LogP contribution in [-0.4, -0.2) is 22.8 Å². The highest BCUT2D eigenvalue weighted by Gasteiger charge is 1.90. The van der Waals surface area contributed by atoms with E-state index in [-0.39, 0.29) is 5.57 Å². The number of hydrogen-bond acceptors (Lipinski definition) is 2. The minimum Gasteiger partial charge on any atom is -0.478 e. The molecular weight excluding hydrogens is 240 g/mol. The second kappa shape index (κ2) is 16.7. The summed E-state index contributed by atoms with van der Waals surface area (Å²) >= 11 is 0. The first-order valence-corrected chi connectivity index (χ1v) is 7.01. The Hall–Kier alpha value is -1.27. The van der Waals surface area contributed by atoms with Crippen molar-refractivity contribution in [3.8, 4) is 11.8 Å². The Morgan fingerprint density at radius 2 is 1.53 bits per heavy atom. The van der Waals surface area contributed by atoms with Crippen LogP contribution in [0, 0.1) is 11.8 Å². The number of rotatable bonds is 8. The number of aliphatic carboxylic acids is 1. The highest BCUT2D eigenvalue weighted by Crippen LogP contribution is 2.01. The maximum atomic E-state index is 9.60. The van der Waals surface area contributed by atoms with Crippen LogP contribution in [0.5, 0.6) is 0 Å². The lowest BCUT2D eigenvalue weighted by molar-refractivity contribution is -0.132. The molecule has 0 atom stereocenters. The molecule has 2 N–H and O–H groups in total. The van der Waals surface area contributed by atoms with Crippen molar-refractivity contribution in [2.24, 2.45) is 0 Å². The van der Waals surface area contributed by atoms with Crippen LogP contribution in [0.3, 0.4) is 0 Å². The monoisotopic (exact) mass is 268 g/mol. The largest absolute Gasteiger partial charge is 0.478 e. The molecule has 0 aliphatic carbocycles. The van der Waals surface area contributed by atoms with Gasteiger partial charge in [0.1, 0.15) is 0 Å². The van der Waals surface area contributed by atoms with E-state index in [2.05, 4.69) is 25.3 Å². The topological polar surface area (TPSA) is 57.5 Å². The first-order chi connectivity index (χ1) is 9.06. The van der Waals surface area contributed by atoms with Crippen molar-refractivity contribution in [1.82, 2.24) is 0 Å². The summed E-state index contributed by atoms with van der Waals surface area (Å²) in [4.78, 5) is 9.60. The van der Waals surface area contributed by atoms with Crippen molar-refractivity contribution < 1.29 is 15.0 Å². The molecule has 0 amide bonds. The molecule has 0 saturated heterocycles. The van der Waals surface area contributed by atoms with E-state index in [0.29, 0.717) is 6.61 Å². The number of hydrogen-bond donors (Lipinski definition) is 2. The number of carbonyl (C=O) groups is 1. The Morgan fingerprint density at radius 3 is 1.95 bits per heavy atom. The molecule has 19 heavy (non-hydrogen) atoms. The summed E-state index contributed by atoms with van der Waals surface area (Å²) in [6.07, 6.45) is 9.07. The zero-order chi connectivity index (χ0) is 14.9. The number of aliphatic hydroxyl groups excluding tert-OH is 1. The molecule has 0 heterocycles. The van der Waals surface area contributed by atoms with Gasteiger partial charge in [-0.2, -0.15) is 0 Å². The predicted molar refractivity (Wildman–Crippen MR) is 79.9 cm³/mol. The standard InChI is InChI=1S/C12H22O.C4H6O2/c1-2-3-4-5-6-7-8-9-10-11-12-13;1-3(2)4(5)6/h13H,2-4,7-12H2,1H3;1H2,2H3,(H,5,6). The molecule has 0 bridgehead atoms. The Bertz CT molecular complexity index is 272. The fraction of sp³-hybridized carbons (Fsp3) is 0.688. The molecule has 0 aromatic heterocycles. The second-order valence-electron chi connectivity index (χ2n) is 4.43. The fourth-order valence-electron chi connectivity index (χ4n) is 1.12. The minimum absolute atomic E-state index is 0.176. The van der Waals surface area contributed by atoms with Crippen molar-refractivity contribution in [2.45, 2.75) is 65.2 Å². The van der Waals surface area contributed by atoms with Crippen LogP contribution in [-0.2, 0) is 4.79 Å². The van der Waals surface area contributed by atoms with E-state index in [1.165, 1.54) is 32.6 Å². The summed E-state index contributed by atoms with van der Waals surface area (Å²) in [6.45, 7) is 7.13. The van der Waals surface area contributed by atoms with Gasteiger partial charge in [-0.15, -0.1) is 11.8 Å². The van der Waals surface area contributed by atoms with Gasteiger partial charge in [0, 0.05) is 25.0 Å². The van der Waals surface area contributed by atoms with Crippen molar-refractivity contribution in [1.29, 1.82) is 0 Å². The summed E-state index contributed by atoms with van der Waals surface area (Å²) in [5, 5.41) is 16.4. The van der Waals surface area contributed by atoms with Gasteiger partial charge in [0.15, 0.2) is 0 Å². The Morgan fingerprint density at radius 1 is 1.05 bits per heavy atom. The molecule has 0 saturated carbocycles. The lowest BCUT2D eigenvalue weighted by Gasteiger charge is -1.94. The highest BCUT2D eigenvalue weighted by molar-refractivity contribution is 5.84. The molecule has 0 aliphatic heterocycles. The SMILES string of the molecule is C=C(C)C(=O)O.CCCCC#CCCCCCCO. The van der Waals surface area contributed by atoms with Crippen molar-refractivity contribution in [3.05, 3.63) is 12.2 Å². The van der Waals surface area contributed by atoms with Gasteiger partial charge in [-0.05, 0) is 26.2 Å². The summed E-state index contributed by atoms with van der Waals surface area (Å²) in [5.74, 6) is 5.43. The maximum absolute atomic E-state index is 9.60. The number of carboxylic acids is 1. The zero-order valence-electron chi connectivity index (χ0n) is 12.4. The average molecular weight is 268 g/mol. The molecule has 3 heteroatoms. The average Bonchev–Trinajstić information content (AvgIpc) is 2.37. The van der Waals surface area contributed by atoms with Gasteiger partial charge in [0.05, 0.1) is 0 Å². The molecule has 0 unspecified atom stereocenters. The summed E-state index contributed by atoms with van der Waals surface area (Å²) in [6, 6.07) is 0. The van der Waals surface area contributed by atoms with Crippen molar-refractivity contribution >= 4 is 5.97 Å². The van der Waals surface area contributed by atoms with Crippen LogP contribution < -0.4 is 0 Å². The third kappa shape index (κ3) is 22.4. The van der Waals surface area contributed by atoms with E-state index in [1.807, 2.05) is 0 Å². The molecule has 0 aromatic carbocycles. The van der Waals surface area contributed by atoms with Gasteiger partial charge in [-0.25, -0.2) is 4.79 Å². The third-order valence-corrected chi connectivity index (χ3v) is 2.36. The number of aliphatic hydroxyl groups is 1. The Balaban J connectivity index is 0. The summed E-state index contributed by atoms with van der Waals surface area (Å²) in [7, 11) is 0. The normalized spacial score (nSPS) is 8.79. The van der Waals surface area contributed by atoms with Crippen molar-refractivity contribution in [2.75, 3.05) is 6.61 Å². The Labute approximate surface area is 117 Å². The molecular formula is C16H28O3. The zero-order valence-corrected chi connectivity index (χ0v) is 12.4. The van der Waals surface area contributed by atoms with Crippen LogP contribution in [0.4, 0.5) is 0 Å². The van der Waals surface area contributed by atoms with Crippen LogP contribution in [0.15, 0.2) is 12.2 Å². The molecule has 0 aliphatic rings. The van der Waals surface area contributed by atoms with E-state index in [0.717, 1.165) is 25.7 Å². The van der Waals surface area contributed by atoms with E-state index in [4.69, 9.17) is 10.2 Å². The van der Waals surface area contributed by atoms with Crippen molar-refractivity contribution in [3.63, 3.8) is 0 Å². The lowest BCUT2D eigenvalue weighted by atomic mass is 10.1. The fourth-order valence-corrected chi connectivity index (χ4v) is 1.12. The van der Waals surface area contributed by atoms with E-state index < -0.39 is 5.97 Å². The van der Waals surface area contributed by atoms with Crippen LogP contribution >= 0.6 is 0 Å². The lowest BCUT2D eigenvalue weighted by Crippen LogP contribution is -1.92. The first-order valence-electron chi connectivity index (χ1n) is 7.01. The maximum Gasteiger partial charge on any atom is 0.330 e. The third-order valence-electron chi connectivity index (χ3n) is 2.36. The van der Waals surface area contributed by atoms with Gasteiger partial charge >= 0.3 is 5.97 Å². The van der Waals surface area contributed by atoms with E-state index in [1.54, 1.807) is 0 Å². The van der Waals surface area contributed by atoms with Gasteiger partial charge in [-0.1, -0.05) is 32.8 Å². The van der Waals surface area contributed by atoms with Gasteiger partial charge in [-0.3, -0.25) is 0 Å². The van der Waals surface area contributed by atoms with Gasteiger partial charge < -0.3 is 10.2 Å². The second-order valence-corrected chi connectivity index (χ2v) is 4.43. The highest BCUT2D eigenvalue weighted by atomic mass is 16.4. The van der Waals surface area contributed by atoms with Gasteiger partial charge in [0.25, 0.3) is 0 Å². The molecule has 0 fully saturated rings. The number of carboxylic acid groups (broad SMARTS) is 1. The first kappa shape index (κ1) is 20.1. The van der Waals surface area contributed by atoms with Crippen LogP contribution in [0.25, 0.3) is 0 Å². The molecule has 0 aromatic rings. The van der Waals surface area contributed by atoms with Crippen LogP contribution in [0.2, 0.25) is 0 Å². The van der Waals surface area contributed by atoms with E-state index in [9.17, 15) is 4.79 Å². The summed E-state index contributed by atoms with van der Waals surface area (Å²) < 4.78 is 0. The molecule has 0 radical (unpaired) electrons. The quantitative estimate of drug-likeness (QED) is 0.400. The predicted octanol–water partition coefficient (Wildman–Crippen LogP) is 3.77. The molecule has 3 nitrogen and oxygen atoms in total. The molecule has 0 rings (SSSR count). The summed E-state index contributed by atoms with van der Waals surface area (Å²) in [5.41, 5.74) is 0.176. The van der Waals surface area contributed by atoms with Crippen LogP contribution in [0.1, 0.15) is 65.2 Å². The molecule has 0 spiro atoms. The van der Waals surface area contributed by atoms with Gasteiger partial charge in [0.2, 0.25) is 0 Å². The number of unbranched alkanes of at least 4 members (excludes halogenated alkanes) is 6. The smallest absolute Gasteiger partial charge is 0.330 e. The molecule has 110 valence electrons.